The number of benzene rings is 3. The first-order chi connectivity index (χ1) is 15.3. The maximum Gasteiger partial charge on any atom is 0.143 e. The van der Waals surface area contributed by atoms with Crippen molar-refractivity contribution < 1.29 is 4.74 Å². The number of hydrogen-bond acceptors (Lipinski definition) is 5. The van der Waals surface area contributed by atoms with E-state index in [9.17, 15) is 0 Å². The number of methoxy groups -OCH3 is 1. The first-order valence-corrected chi connectivity index (χ1v) is 12.7. The molecule has 2 unspecified atom stereocenters. The van der Waals surface area contributed by atoms with Crippen LogP contribution in [0.5, 0.6) is 0 Å². The molecule has 4 aromatic rings. The first-order valence-electron chi connectivity index (χ1n) is 10.2. The second kappa shape index (κ2) is 6.59. The molecule has 2 nitrogen and oxygen atoms in total. The minimum Gasteiger partial charge on any atom is -0.367 e. The lowest BCUT2D eigenvalue weighted by Crippen LogP contribution is -2.48. The Morgan fingerprint density at radius 3 is 2.45 bits per heavy atom. The SMILES string of the molecule is COC12C(=c3sc(-c4ccccc4)nc3=C3c4ccccc4SC31)Sc1ccccc12. The Balaban J connectivity index is 1.64. The molecule has 0 radical (unpaired) electrons. The van der Waals surface area contributed by atoms with E-state index in [2.05, 4.69) is 78.9 Å². The van der Waals surface area contributed by atoms with Gasteiger partial charge in [0.05, 0.1) is 15.1 Å². The van der Waals surface area contributed by atoms with Gasteiger partial charge >= 0.3 is 0 Å². The van der Waals surface area contributed by atoms with Crippen molar-refractivity contribution in [3.05, 3.63) is 99.9 Å². The van der Waals surface area contributed by atoms with Gasteiger partial charge in [0, 0.05) is 38.5 Å². The number of fused-ring (bicyclic) bond motifs is 8. The zero-order chi connectivity index (χ0) is 20.6. The van der Waals surface area contributed by atoms with E-state index in [1.54, 1.807) is 11.3 Å². The lowest BCUT2D eigenvalue weighted by Gasteiger charge is -2.37. The van der Waals surface area contributed by atoms with Crippen molar-refractivity contribution in [3.8, 4) is 10.6 Å². The van der Waals surface area contributed by atoms with Gasteiger partial charge in [-0.3, -0.25) is 0 Å². The third-order valence-corrected chi connectivity index (χ3v) is 10.3. The van der Waals surface area contributed by atoms with Gasteiger partial charge in [-0.15, -0.1) is 23.1 Å². The van der Waals surface area contributed by atoms with Gasteiger partial charge in [0.2, 0.25) is 0 Å². The molecule has 7 rings (SSSR count). The fourth-order valence-electron chi connectivity index (χ4n) is 4.97. The average molecular weight is 456 g/mol. The third kappa shape index (κ3) is 2.32. The second-order valence-electron chi connectivity index (χ2n) is 7.84. The minimum absolute atomic E-state index is 0.152. The van der Waals surface area contributed by atoms with E-state index < -0.39 is 5.60 Å². The number of thioether (sulfide) groups is 2. The molecule has 31 heavy (non-hydrogen) atoms. The van der Waals surface area contributed by atoms with Gasteiger partial charge in [0.1, 0.15) is 10.6 Å². The molecule has 3 aromatic carbocycles. The summed E-state index contributed by atoms with van der Waals surface area (Å²) in [5, 5.41) is 2.36. The Hall–Kier alpha value is -2.31. The van der Waals surface area contributed by atoms with Gasteiger partial charge in [0.15, 0.2) is 0 Å². The summed E-state index contributed by atoms with van der Waals surface area (Å²) in [7, 11) is 1.87. The van der Waals surface area contributed by atoms with Crippen molar-refractivity contribution in [1.29, 1.82) is 0 Å². The molecule has 150 valence electrons. The van der Waals surface area contributed by atoms with E-state index in [1.165, 1.54) is 41.5 Å². The van der Waals surface area contributed by atoms with E-state index >= 15 is 0 Å². The lowest BCUT2D eigenvalue weighted by molar-refractivity contribution is 0.0496. The highest BCUT2D eigenvalue weighted by Gasteiger charge is 2.56. The van der Waals surface area contributed by atoms with Gasteiger partial charge in [0.25, 0.3) is 0 Å². The highest BCUT2D eigenvalue weighted by molar-refractivity contribution is 8.08. The normalized spacial score (nSPS) is 22.5. The number of nitrogens with zero attached hydrogens (tertiary/aromatic N) is 1. The van der Waals surface area contributed by atoms with Crippen molar-refractivity contribution in [2.24, 2.45) is 0 Å². The molecule has 0 amide bonds. The summed E-state index contributed by atoms with van der Waals surface area (Å²) >= 11 is 5.57. The number of rotatable bonds is 2. The average Bonchev–Trinajstić information content (AvgIpc) is 3.51. The number of thiazole rings is 1. The highest BCUT2D eigenvalue weighted by Crippen LogP contribution is 2.63. The number of ether oxygens (including phenoxy) is 1. The minimum atomic E-state index is -0.478. The van der Waals surface area contributed by atoms with Crippen LogP contribution in [0.3, 0.4) is 0 Å². The van der Waals surface area contributed by atoms with E-state index in [0.717, 1.165) is 10.4 Å². The van der Waals surface area contributed by atoms with E-state index in [-0.39, 0.29) is 5.25 Å². The van der Waals surface area contributed by atoms with Crippen molar-refractivity contribution in [2.75, 3.05) is 7.11 Å². The molecule has 0 saturated carbocycles. The lowest BCUT2D eigenvalue weighted by atomic mass is 9.81. The quantitative estimate of drug-likeness (QED) is 0.411. The van der Waals surface area contributed by atoms with Gasteiger partial charge in [-0.05, 0) is 17.7 Å². The molecule has 1 aromatic heterocycles. The van der Waals surface area contributed by atoms with Gasteiger partial charge in [-0.1, -0.05) is 78.5 Å². The van der Waals surface area contributed by atoms with Crippen LogP contribution >= 0.6 is 34.9 Å². The van der Waals surface area contributed by atoms with Crippen LogP contribution in [0.2, 0.25) is 0 Å². The van der Waals surface area contributed by atoms with Gasteiger partial charge in [-0.2, -0.15) is 0 Å². The van der Waals surface area contributed by atoms with Crippen LogP contribution in [0.4, 0.5) is 0 Å². The molecule has 0 fully saturated rings. The third-order valence-electron chi connectivity index (χ3n) is 6.32. The molecular weight excluding hydrogens is 438 g/mol. The summed E-state index contributed by atoms with van der Waals surface area (Å²) in [6.07, 6.45) is 0. The summed E-state index contributed by atoms with van der Waals surface area (Å²) in [6.45, 7) is 0. The van der Waals surface area contributed by atoms with Gasteiger partial charge in [-0.25, -0.2) is 4.98 Å². The van der Waals surface area contributed by atoms with Crippen LogP contribution in [0.1, 0.15) is 11.1 Å². The van der Waals surface area contributed by atoms with Crippen LogP contribution in [0.25, 0.3) is 21.0 Å². The Kier molecular flexibility index (Phi) is 3.89. The fraction of sp³-hybridized carbons (Fsp3) is 0.115. The summed E-state index contributed by atoms with van der Waals surface area (Å²) in [5.74, 6) is 0. The highest BCUT2D eigenvalue weighted by atomic mass is 32.2. The topological polar surface area (TPSA) is 22.1 Å². The van der Waals surface area contributed by atoms with E-state index in [0.29, 0.717) is 0 Å². The molecule has 2 aliphatic heterocycles. The monoisotopic (exact) mass is 455 g/mol. The summed E-state index contributed by atoms with van der Waals surface area (Å²) in [4.78, 5) is 9.13. The first kappa shape index (κ1) is 18.3. The molecule has 2 atom stereocenters. The summed E-state index contributed by atoms with van der Waals surface area (Å²) < 4.78 is 7.78. The number of aromatic nitrogens is 1. The molecule has 5 heteroatoms. The van der Waals surface area contributed by atoms with Crippen LogP contribution in [0.15, 0.2) is 88.7 Å². The molecule has 1 aliphatic carbocycles. The Labute approximate surface area is 192 Å². The van der Waals surface area contributed by atoms with Crippen LogP contribution in [-0.2, 0) is 10.3 Å². The zero-order valence-electron chi connectivity index (χ0n) is 16.7. The number of hydrogen-bond donors (Lipinski definition) is 0. The van der Waals surface area contributed by atoms with Crippen LogP contribution < -0.4 is 9.88 Å². The van der Waals surface area contributed by atoms with Crippen molar-refractivity contribution in [1.82, 2.24) is 4.98 Å². The zero-order valence-corrected chi connectivity index (χ0v) is 19.1. The Morgan fingerprint density at radius 1 is 0.871 bits per heavy atom. The van der Waals surface area contributed by atoms with Crippen molar-refractivity contribution in [2.45, 2.75) is 20.6 Å². The largest absolute Gasteiger partial charge is 0.367 e. The Bertz CT molecular complexity index is 1490. The molecule has 3 heterocycles. The molecule has 3 aliphatic rings. The Morgan fingerprint density at radius 2 is 1.61 bits per heavy atom. The molecule has 0 saturated heterocycles. The molecule has 0 bridgehead atoms. The smallest absolute Gasteiger partial charge is 0.143 e. The molecular formula is C26H17NOS3. The maximum absolute atomic E-state index is 6.53. The van der Waals surface area contributed by atoms with Crippen LogP contribution in [0, 0.1) is 0 Å². The predicted octanol–water partition coefficient (Wildman–Crippen LogP) is 5.25. The summed E-state index contributed by atoms with van der Waals surface area (Å²) in [5.41, 5.74) is 4.58. The molecule has 0 spiro atoms. The standard InChI is InChI=1S/C26H17NOS3/c1-28-26-17-12-6-8-14-19(17)30-24(26)22-21(27-25(31-22)15-9-3-2-4-10-15)20-16-11-5-7-13-18(16)29-23(20)26/h2-14,23H,1H3. The van der Waals surface area contributed by atoms with Gasteiger partial charge < -0.3 is 4.74 Å². The van der Waals surface area contributed by atoms with E-state index in [1.807, 2.05) is 30.6 Å². The van der Waals surface area contributed by atoms with Crippen molar-refractivity contribution >= 4 is 45.3 Å². The summed E-state index contributed by atoms with van der Waals surface area (Å²) in [6, 6.07) is 28.0. The van der Waals surface area contributed by atoms with E-state index in [4.69, 9.17) is 9.72 Å². The van der Waals surface area contributed by atoms with Crippen LogP contribution in [-0.4, -0.2) is 17.3 Å². The predicted molar refractivity (Wildman–Crippen MR) is 130 cm³/mol. The maximum atomic E-state index is 6.53. The second-order valence-corrected chi connectivity index (χ2v) is 11.0. The van der Waals surface area contributed by atoms with Crippen molar-refractivity contribution in [3.63, 3.8) is 0 Å². The molecule has 0 N–H and O–H groups in total. The fourth-order valence-corrected chi connectivity index (χ4v) is 9.31.